The first-order valence-corrected chi connectivity index (χ1v) is 8.62. The quantitative estimate of drug-likeness (QED) is 0.833. The molecule has 1 saturated carbocycles. The average molecular weight is 351 g/mol. The fourth-order valence-electron chi connectivity index (χ4n) is 2.75. The highest BCUT2D eigenvalue weighted by molar-refractivity contribution is 9.10. The first-order chi connectivity index (χ1) is 8.85. The molecule has 108 valence electrons. The molecule has 0 bridgehead atoms. The summed E-state index contributed by atoms with van der Waals surface area (Å²) in [5, 5.41) is 7.61. The van der Waals surface area contributed by atoms with Crippen LogP contribution in [-0.2, 0) is 17.1 Å². The molecule has 0 N–H and O–H groups in total. The van der Waals surface area contributed by atoms with Gasteiger partial charge in [-0.3, -0.25) is 0 Å². The molecule has 2 rings (SSSR count). The maximum absolute atomic E-state index is 12.7. The molecule has 1 aliphatic carbocycles. The largest absolute Gasteiger partial charge is 0.263 e. The van der Waals surface area contributed by atoms with E-state index in [9.17, 15) is 8.42 Å². The molecule has 1 heterocycles. The molecule has 19 heavy (non-hydrogen) atoms. The minimum absolute atomic E-state index is 0.0561. The van der Waals surface area contributed by atoms with Gasteiger partial charge in [-0.1, -0.05) is 25.0 Å². The Morgan fingerprint density at radius 3 is 2.53 bits per heavy atom. The van der Waals surface area contributed by atoms with Crippen LogP contribution in [-0.4, -0.2) is 40.8 Å². The summed E-state index contributed by atoms with van der Waals surface area (Å²) in [6, 6.07) is 0.0561. The van der Waals surface area contributed by atoms with Crippen molar-refractivity contribution < 1.29 is 8.42 Å². The second-order valence-electron chi connectivity index (χ2n) is 5.16. The van der Waals surface area contributed by atoms with Gasteiger partial charge in [0.2, 0.25) is 5.03 Å². The van der Waals surface area contributed by atoms with Gasteiger partial charge in [-0.2, -0.15) is 4.31 Å². The van der Waals surface area contributed by atoms with Gasteiger partial charge in [0, 0.05) is 20.1 Å². The lowest BCUT2D eigenvalue weighted by atomic mass is 9.86. The molecular formula is C11H19BrN4O2S. The number of aryl methyl sites for hydroxylation is 1. The standard InChI is InChI=1S/C11H19BrN4O2S/c1-8-6-4-5-7-9(8)16(3)19(17,18)11-10(12)13-14-15(11)2/h8-9H,4-7H2,1-3H3. The molecule has 1 fully saturated rings. The van der Waals surface area contributed by atoms with Crippen molar-refractivity contribution in [1.82, 2.24) is 19.3 Å². The maximum Gasteiger partial charge on any atom is 0.263 e. The molecular weight excluding hydrogens is 332 g/mol. The zero-order chi connectivity index (χ0) is 14.2. The SMILES string of the molecule is CC1CCCCC1N(C)S(=O)(=O)c1c(Br)nnn1C. The third-order valence-corrected chi connectivity index (χ3v) is 6.67. The Labute approximate surface area is 122 Å². The Hall–Kier alpha value is -0.470. The summed E-state index contributed by atoms with van der Waals surface area (Å²) in [5.41, 5.74) is 0. The summed E-state index contributed by atoms with van der Waals surface area (Å²) < 4.78 is 28.4. The van der Waals surface area contributed by atoms with E-state index in [-0.39, 0.29) is 15.7 Å². The first-order valence-electron chi connectivity index (χ1n) is 6.39. The highest BCUT2D eigenvalue weighted by atomic mass is 79.9. The number of hydrogen-bond donors (Lipinski definition) is 0. The molecule has 0 radical (unpaired) electrons. The Morgan fingerprint density at radius 1 is 1.37 bits per heavy atom. The summed E-state index contributed by atoms with van der Waals surface area (Å²) >= 11 is 3.16. The third kappa shape index (κ3) is 2.71. The minimum Gasteiger partial charge on any atom is -0.235 e. The Morgan fingerprint density at radius 2 is 2.00 bits per heavy atom. The van der Waals surface area contributed by atoms with Gasteiger partial charge in [0.15, 0.2) is 4.60 Å². The van der Waals surface area contributed by atoms with Gasteiger partial charge in [-0.15, -0.1) is 5.10 Å². The van der Waals surface area contributed by atoms with Crippen LogP contribution < -0.4 is 0 Å². The van der Waals surface area contributed by atoms with Crippen molar-refractivity contribution in [2.24, 2.45) is 13.0 Å². The summed E-state index contributed by atoms with van der Waals surface area (Å²) in [6.45, 7) is 2.12. The normalized spacial score (nSPS) is 24.9. The molecule has 8 heteroatoms. The van der Waals surface area contributed by atoms with Crippen LogP contribution >= 0.6 is 15.9 Å². The van der Waals surface area contributed by atoms with Crippen molar-refractivity contribution in [2.45, 2.75) is 43.7 Å². The van der Waals surface area contributed by atoms with E-state index in [0.717, 1.165) is 19.3 Å². The van der Waals surface area contributed by atoms with Crippen LogP contribution in [0.4, 0.5) is 0 Å². The highest BCUT2D eigenvalue weighted by Crippen LogP contribution is 2.31. The molecule has 2 unspecified atom stereocenters. The van der Waals surface area contributed by atoms with Gasteiger partial charge in [0.05, 0.1) is 0 Å². The monoisotopic (exact) mass is 350 g/mol. The second kappa shape index (κ2) is 5.49. The van der Waals surface area contributed by atoms with Crippen LogP contribution in [0.25, 0.3) is 0 Å². The van der Waals surface area contributed by atoms with Crippen molar-refractivity contribution in [3.8, 4) is 0 Å². The number of halogens is 1. The van der Waals surface area contributed by atoms with Crippen LogP contribution in [0.1, 0.15) is 32.6 Å². The van der Waals surface area contributed by atoms with Crippen LogP contribution in [0.5, 0.6) is 0 Å². The van der Waals surface area contributed by atoms with E-state index in [2.05, 4.69) is 33.2 Å². The average Bonchev–Trinajstić information content (AvgIpc) is 2.69. The van der Waals surface area contributed by atoms with Crippen molar-refractivity contribution in [3.63, 3.8) is 0 Å². The summed E-state index contributed by atoms with van der Waals surface area (Å²) in [5.74, 6) is 0.383. The first kappa shape index (κ1) is 14.9. The van der Waals surface area contributed by atoms with Gasteiger partial charge in [-0.05, 0) is 34.7 Å². The van der Waals surface area contributed by atoms with E-state index in [1.54, 1.807) is 14.1 Å². The van der Waals surface area contributed by atoms with E-state index in [1.165, 1.54) is 15.4 Å². The highest BCUT2D eigenvalue weighted by Gasteiger charge is 2.36. The molecule has 0 spiro atoms. The van der Waals surface area contributed by atoms with Gasteiger partial charge in [0.25, 0.3) is 10.0 Å². The molecule has 6 nitrogen and oxygen atoms in total. The number of rotatable bonds is 3. The smallest absolute Gasteiger partial charge is 0.235 e. The molecule has 1 aromatic heterocycles. The van der Waals surface area contributed by atoms with Gasteiger partial charge < -0.3 is 0 Å². The molecule has 0 saturated heterocycles. The Balaban J connectivity index is 2.34. The fourth-order valence-corrected chi connectivity index (χ4v) is 5.26. The maximum atomic E-state index is 12.7. The van der Waals surface area contributed by atoms with Crippen molar-refractivity contribution in [1.29, 1.82) is 0 Å². The fraction of sp³-hybridized carbons (Fsp3) is 0.818. The van der Waals surface area contributed by atoms with Crippen LogP contribution in [0.3, 0.4) is 0 Å². The number of nitrogens with zero attached hydrogens (tertiary/aromatic N) is 4. The van der Waals surface area contributed by atoms with Crippen molar-refractivity contribution in [3.05, 3.63) is 4.60 Å². The predicted molar refractivity (Wildman–Crippen MR) is 75.1 cm³/mol. The Bertz CT molecular complexity index is 538. The minimum atomic E-state index is -3.57. The molecule has 2 atom stereocenters. The summed E-state index contributed by atoms with van der Waals surface area (Å²) in [4.78, 5) is 0. The molecule has 0 aromatic carbocycles. The lowest BCUT2D eigenvalue weighted by molar-refractivity contribution is 0.212. The van der Waals surface area contributed by atoms with E-state index in [1.807, 2.05) is 0 Å². The zero-order valence-electron chi connectivity index (χ0n) is 11.4. The third-order valence-electron chi connectivity index (χ3n) is 3.89. The predicted octanol–water partition coefficient (Wildman–Crippen LogP) is 1.78. The number of sulfonamides is 1. The van der Waals surface area contributed by atoms with Gasteiger partial charge >= 0.3 is 0 Å². The van der Waals surface area contributed by atoms with Gasteiger partial charge in [-0.25, -0.2) is 13.1 Å². The topological polar surface area (TPSA) is 68.1 Å². The van der Waals surface area contributed by atoms with E-state index in [0.29, 0.717) is 5.92 Å². The van der Waals surface area contributed by atoms with E-state index < -0.39 is 10.0 Å². The zero-order valence-corrected chi connectivity index (χ0v) is 13.8. The molecule has 0 aliphatic heterocycles. The van der Waals surface area contributed by atoms with Gasteiger partial charge in [0.1, 0.15) is 0 Å². The molecule has 1 aliphatic rings. The number of hydrogen-bond acceptors (Lipinski definition) is 4. The van der Waals surface area contributed by atoms with Crippen LogP contribution in [0, 0.1) is 5.92 Å². The van der Waals surface area contributed by atoms with Crippen molar-refractivity contribution in [2.75, 3.05) is 7.05 Å². The van der Waals surface area contributed by atoms with Crippen LogP contribution in [0.2, 0.25) is 0 Å². The lowest BCUT2D eigenvalue weighted by Gasteiger charge is -2.35. The second-order valence-corrected chi connectivity index (χ2v) is 7.82. The Kier molecular flexibility index (Phi) is 4.32. The summed E-state index contributed by atoms with van der Waals surface area (Å²) in [6.07, 6.45) is 4.26. The lowest BCUT2D eigenvalue weighted by Crippen LogP contribution is -2.43. The molecule has 0 amide bonds. The van der Waals surface area contributed by atoms with E-state index in [4.69, 9.17) is 0 Å². The van der Waals surface area contributed by atoms with E-state index >= 15 is 0 Å². The molecule has 1 aromatic rings. The number of aromatic nitrogens is 3. The summed E-state index contributed by atoms with van der Waals surface area (Å²) in [7, 11) is -0.325. The van der Waals surface area contributed by atoms with Crippen LogP contribution in [0.15, 0.2) is 9.63 Å². The van der Waals surface area contributed by atoms with Crippen molar-refractivity contribution >= 4 is 26.0 Å².